The maximum absolute atomic E-state index is 7.12. The van der Waals surface area contributed by atoms with Crippen molar-refractivity contribution >= 4 is 114 Å². The summed E-state index contributed by atoms with van der Waals surface area (Å²) in [7, 11) is 8.12. The van der Waals surface area contributed by atoms with Crippen molar-refractivity contribution in [3.05, 3.63) is 173 Å². The number of hydrogen-bond donors (Lipinski definition) is 0. The molecule has 16 nitrogen and oxygen atoms in total. The molecule has 0 N–H and O–H groups in total. The molecule has 0 unspecified atom stereocenters. The van der Waals surface area contributed by atoms with Crippen LogP contribution in [0.4, 0.5) is 68.2 Å². The van der Waals surface area contributed by atoms with Gasteiger partial charge in [-0.15, -0.1) is 21.9 Å². The number of fused-ring (bicyclic) bond motifs is 14. The van der Waals surface area contributed by atoms with Crippen LogP contribution in [0.25, 0.3) is 0 Å². The van der Waals surface area contributed by atoms with Gasteiger partial charge in [0.15, 0.2) is 23.0 Å². The van der Waals surface area contributed by atoms with Crippen LogP contribution in [-0.2, 0) is 42.1 Å². The molecular formula is C58H36B2N12O4Pt2. The third-order valence-electron chi connectivity index (χ3n) is 15.4. The Morgan fingerprint density at radius 3 is 0.795 bits per heavy atom. The van der Waals surface area contributed by atoms with Crippen LogP contribution >= 0.6 is 0 Å². The summed E-state index contributed by atoms with van der Waals surface area (Å²) in [6.07, 6.45) is 7.17. The van der Waals surface area contributed by atoms with E-state index in [2.05, 4.69) is 112 Å². The molecule has 0 spiro atoms. The van der Waals surface area contributed by atoms with E-state index >= 15 is 0 Å². The quantitative estimate of drug-likeness (QED) is 0.137. The van der Waals surface area contributed by atoms with Crippen molar-refractivity contribution in [2.45, 2.75) is 0 Å². The van der Waals surface area contributed by atoms with Gasteiger partial charge in [0.05, 0.1) is 23.5 Å². The fourth-order valence-electron chi connectivity index (χ4n) is 12.0. The van der Waals surface area contributed by atoms with Crippen LogP contribution in [-0.4, -0.2) is 61.6 Å². The largest absolute Gasteiger partial charge is 4.00 e. The van der Waals surface area contributed by atoms with Gasteiger partial charge in [-0.25, -0.2) is 0 Å². The minimum atomic E-state index is -0.632. The molecule has 12 heterocycles. The van der Waals surface area contributed by atoms with Gasteiger partial charge in [0.2, 0.25) is 13.4 Å². The van der Waals surface area contributed by atoms with Crippen LogP contribution in [0.5, 0.6) is 46.5 Å². The van der Waals surface area contributed by atoms with Crippen molar-refractivity contribution in [2.24, 2.45) is 0 Å². The predicted octanol–water partition coefficient (Wildman–Crippen LogP) is 6.75. The molecule has 17 rings (SSSR count). The second-order valence-electron chi connectivity index (χ2n) is 19.7. The van der Waals surface area contributed by atoms with E-state index in [0.717, 1.165) is 68.2 Å². The Hall–Kier alpha value is -8.19. The summed E-state index contributed by atoms with van der Waals surface area (Å²) in [4.78, 5) is 37.1. The first-order chi connectivity index (χ1) is 37.3. The molecule has 0 amide bonds. The Morgan fingerprint density at radius 1 is 0.346 bits per heavy atom. The van der Waals surface area contributed by atoms with E-state index in [0.29, 0.717) is 79.3 Å². The molecule has 0 saturated carbocycles. The first-order valence-corrected chi connectivity index (χ1v) is 24.8. The normalized spacial score (nSPS) is 15.7. The van der Waals surface area contributed by atoms with Gasteiger partial charge in [-0.3, -0.25) is 0 Å². The number of para-hydroxylation sites is 8. The van der Waals surface area contributed by atoms with Gasteiger partial charge in [0.25, 0.3) is 0 Å². The van der Waals surface area contributed by atoms with Gasteiger partial charge in [-0.1, -0.05) is 96.1 Å². The van der Waals surface area contributed by atoms with Crippen LogP contribution in [0.1, 0.15) is 0 Å². The molecule has 0 bridgehead atoms. The van der Waals surface area contributed by atoms with Crippen LogP contribution in [0.15, 0.2) is 122 Å². The van der Waals surface area contributed by atoms with Crippen molar-refractivity contribution in [3.8, 4) is 46.5 Å². The Balaban J connectivity index is 0.00000264. The molecule has 20 heteroatoms. The molecular weight excluding hydrogens is 1340 g/mol. The first kappa shape index (κ1) is 47.1. The minimum Gasteiger partial charge on any atom is -0.504 e. The summed E-state index contributed by atoms with van der Waals surface area (Å²) >= 11 is 0. The molecule has 0 atom stereocenters. The minimum absolute atomic E-state index is 0. The average molecular weight is 1380 g/mol. The number of aromatic nitrogens is 4. The average Bonchev–Trinajstić information content (AvgIpc) is 4.01. The van der Waals surface area contributed by atoms with E-state index in [9.17, 15) is 0 Å². The smallest absolute Gasteiger partial charge is 0.504 e. The first-order valence-electron chi connectivity index (χ1n) is 24.8. The van der Waals surface area contributed by atoms with Crippen LogP contribution in [0.2, 0.25) is 0 Å². The summed E-state index contributed by atoms with van der Waals surface area (Å²) in [5.41, 5.74) is 15.0. The zero-order valence-corrected chi connectivity index (χ0v) is 46.2. The number of benzene rings is 5. The third kappa shape index (κ3) is 6.50. The molecule has 0 radical (unpaired) electrons. The number of pyridine rings is 4. The molecule has 378 valence electrons. The van der Waals surface area contributed by atoms with Crippen molar-refractivity contribution in [1.82, 2.24) is 19.9 Å². The van der Waals surface area contributed by atoms with E-state index in [-0.39, 0.29) is 42.1 Å². The molecule has 0 fully saturated rings. The van der Waals surface area contributed by atoms with Crippen molar-refractivity contribution in [1.29, 1.82) is 0 Å². The molecule has 0 saturated heterocycles. The SMILES string of the molecule is CN1[CH-]N(c2[c-]c3c(nc2)Oc2c4c5c(c6c2B3c2[c-]c(N3[CH-]N(C)c7ccccc73)cnc2O6)Oc2ncc(N3[CH-]N(C)c6ccccc63)[c-]c2B5c2[c-]c(N3[CH-]N(C)c5ccccc53)cnc2O4)c2ccccc21.[Pt+4].[Pt+4]. The van der Waals surface area contributed by atoms with E-state index in [4.69, 9.17) is 38.9 Å². The second-order valence-corrected chi connectivity index (χ2v) is 19.7. The van der Waals surface area contributed by atoms with Crippen molar-refractivity contribution in [2.75, 3.05) is 67.4 Å². The standard InChI is InChI=1S/C58H36B2N12O4.2Pt/c1-65-29-69(45-17-9-5-13-41(45)65)33-21-37-55(61-25-33)73-51-49-52(74-56-38(59(37)49)22-34(26-62-56)70-30-66(2)42-14-6-10-18-46(42)70)54-50-53(51)75-57-39(23-35(27-63-57)71-31-67(3)43-15-7-11-19-47(43)71)60(50)40-24-36(28-64-58(40)76-54)72-32-68(4)44-16-8-12-20-48(44)72;;/h5-20,25-32H,1-4H3;;/q-8;2*+4. The number of hydrogen-bond acceptors (Lipinski definition) is 16. The second kappa shape index (κ2) is 17.2. The summed E-state index contributed by atoms with van der Waals surface area (Å²) in [5, 5.41) is 0. The Labute approximate surface area is 479 Å². The zero-order valence-electron chi connectivity index (χ0n) is 41.6. The van der Waals surface area contributed by atoms with Crippen molar-refractivity contribution < 1.29 is 61.1 Å². The summed E-state index contributed by atoms with van der Waals surface area (Å²) < 4.78 is 28.5. The van der Waals surface area contributed by atoms with Crippen LogP contribution in [0.3, 0.4) is 0 Å². The van der Waals surface area contributed by atoms with Crippen LogP contribution < -0.4 is 90.9 Å². The van der Waals surface area contributed by atoms with E-state index in [1.807, 2.05) is 103 Å². The zero-order chi connectivity index (χ0) is 50.2. The fourth-order valence-corrected chi connectivity index (χ4v) is 12.0. The molecule has 78 heavy (non-hydrogen) atoms. The van der Waals surface area contributed by atoms with Gasteiger partial charge >= 0.3 is 42.1 Å². The molecule has 8 aliphatic rings. The molecule has 0 aliphatic carbocycles. The molecule has 8 aliphatic heterocycles. The number of nitrogens with zero attached hydrogens (tertiary/aromatic N) is 12. The van der Waals surface area contributed by atoms with Gasteiger partial charge in [-0.05, 0) is 76.7 Å². The molecule has 9 aromatic rings. The summed E-state index contributed by atoms with van der Waals surface area (Å²) in [6.45, 7) is 6.88. The fraction of sp³-hybridized carbons (Fsp3) is 0.0690. The number of ether oxygens (including phenoxy) is 4. The molecule has 4 aromatic heterocycles. The number of anilines is 12. The van der Waals surface area contributed by atoms with E-state index in [1.54, 1.807) is 24.8 Å². The third-order valence-corrected chi connectivity index (χ3v) is 15.4. The van der Waals surface area contributed by atoms with Gasteiger partial charge in [0, 0.05) is 56.4 Å². The Morgan fingerprint density at radius 2 is 0.564 bits per heavy atom. The Bertz CT molecular complexity index is 3560. The van der Waals surface area contributed by atoms with Gasteiger partial charge < -0.3 is 78.1 Å². The van der Waals surface area contributed by atoms with E-state index < -0.39 is 13.4 Å². The topological polar surface area (TPSA) is 114 Å². The summed E-state index contributed by atoms with van der Waals surface area (Å²) in [6, 6.07) is 48.1. The van der Waals surface area contributed by atoms with Crippen molar-refractivity contribution in [3.63, 3.8) is 0 Å². The predicted molar refractivity (Wildman–Crippen MR) is 293 cm³/mol. The van der Waals surface area contributed by atoms with E-state index in [1.165, 1.54) is 0 Å². The Kier molecular flexibility index (Phi) is 10.3. The van der Waals surface area contributed by atoms with Crippen LogP contribution in [0, 0.1) is 50.9 Å². The van der Waals surface area contributed by atoms with Gasteiger partial charge in [0.1, 0.15) is 0 Å². The number of rotatable bonds is 4. The monoisotopic (exact) mass is 1380 g/mol. The summed E-state index contributed by atoms with van der Waals surface area (Å²) in [5.74, 6) is 3.02. The molecule has 5 aromatic carbocycles. The van der Waals surface area contributed by atoms with Gasteiger partial charge in [-0.2, -0.15) is 50.9 Å². The maximum atomic E-state index is 7.12. The maximum Gasteiger partial charge on any atom is 4.00 e.